The van der Waals surface area contributed by atoms with E-state index in [2.05, 4.69) is 27.5 Å². The fourth-order valence-corrected chi connectivity index (χ4v) is 5.38. The number of fused-ring (bicyclic) bond motifs is 1. The molecule has 0 radical (unpaired) electrons. The summed E-state index contributed by atoms with van der Waals surface area (Å²) in [5.41, 5.74) is 6.54. The Balaban J connectivity index is 1.45. The average Bonchev–Trinajstić information content (AvgIpc) is 3.45. The van der Waals surface area contributed by atoms with Gasteiger partial charge in [-0.25, -0.2) is 19.6 Å². The van der Waals surface area contributed by atoms with Crippen molar-refractivity contribution < 1.29 is 24.3 Å². The number of benzene rings is 1. The molecule has 14 heteroatoms. The van der Waals surface area contributed by atoms with Gasteiger partial charge < -0.3 is 31.3 Å². The topological polar surface area (TPSA) is 200 Å². The highest BCUT2D eigenvalue weighted by molar-refractivity contribution is 6.01. The van der Waals surface area contributed by atoms with E-state index in [0.29, 0.717) is 55.0 Å². The number of aliphatic carboxylic acids is 1. The van der Waals surface area contributed by atoms with Crippen molar-refractivity contribution in [3.05, 3.63) is 48.4 Å². The zero-order chi connectivity index (χ0) is 31.8. The zero-order valence-corrected chi connectivity index (χ0v) is 24.8. The van der Waals surface area contributed by atoms with Crippen LogP contribution in [0, 0.1) is 17.2 Å². The first-order valence-corrected chi connectivity index (χ1v) is 14.5. The Morgan fingerprint density at radius 1 is 1.18 bits per heavy atom. The minimum Gasteiger partial charge on any atom is -0.480 e. The van der Waals surface area contributed by atoms with Crippen LogP contribution < -0.4 is 21.3 Å². The highest BCUT2D eigenvalue weighted by Gasteiger charge is 2.33. The summed E-state index contributed by atoms with van der Waals surface area (Å²) in [6.45, 7) is 3.63. The van der Waals surface area contributed by atoms with Gasteiger partial charge in [-0.3, -0.25) is 14.2 Å². The van der Waals surface area contributed by atoms with Crippen LogP contribution in [0.15, 0.2) is 42.9 Å². The number of nitrogens with zero attached hydrogens (tertiary/aromatic N) is 6. The minimum atomic E-state index is -1.11. The molecule has 44 heavy (non-hydrogen) atoms. The Morgan fingerprint density at radius 2 is 1.93 bits per heavy atom. The molecule has 5 N–H and O–H groups in total. The highest BCUT2D eigenvalue weighted by atomic mass is 16.4. The number of nitrogens with two attached hydrogens (primary N) is 1. The minimum absolute atomic E-state index is 0.0471. The first-order valence-electron chi connectivity index (χ1n) is 14.5. The van der Waals surface area contributed by atoms with E-state index in [1.165, 1.54) is 23.0 Å². The van der Waals surface area contributed by atoms with Crippen molar-refractivity contribution in [1.82, 2.24) is 24.8 Å². The number of carbonyl (C=O) groups is 4. The van der Waals surface area contributed by atoms with Crippen LogP contribution in [0.4, 0.5) is 16.3 Å². The van der Waals surface area contributed by atoms with E-state index in [0.717, 1.165) is 6.42 Å². The fraction of sp³-hybridized carbons (Fsp3) is 0.433. The number of unbranched alkanes of at least 4 members (excludes halogenated alkanes) is 1. The predicted molar refractivity (Wildman–Crippen MR) is 163 cm³/mol. The molecule has 2 aromatic heterocycles. The van der Waals surface area contributed by atoms with E-state index in [1.807, 2.05) is 18.0 Å². The molecule has 1 saturated heterocycles. The number of likely N-dealkylation sites (N-methyl/N-ethyl adjacent to an activating group) is 1. The number of carbonyl (C=O) groups excluding carboxylic acids is 3. The molecule has 3 amide bonds. The second-order valence-corrected chi connectivity index (χ2v) is 10.9. The van der Waals surface area contributed by atoms with Crippen molar-refractivity contribution in [3.8, 4) is 6.07 Å². The molecule has 1 aliphatic rings. The molecule has 232 valence electrons. The summed E-state index contributed by atoms with van der Waals surface area (Å²) >= 11 is 0. The molecule has 3 heterocycles. The number of hydrogen-bond acceptors (Lipinski definition) is 9. The predicted octanol–water partition coefficient (Wildman–Crippen LogP) is 2.41. The van der Waals surface area contributed by atoms with Gasteiger partial charge in [0.05, 0.1) is 17.5 Å². The highest BCUT2D eigenvalue weighted by Crippen LogP contribution is 2.30. The lowest BCUT2D eigenvalue weighted by Crippen LogP contribution is -2.52. The molecule has 14 nitrogen and oxygen atoms in total. The maximum Gasteiger partial charge on any atom is 0.331 e. The third-order valence-corrected chi connectivity index (χ3v) is 7.96. The lowest BCUT2D eigenvalue weighted by molar-refractivity contribution is -0.139. The maximum absolute atomic E-state index is 13.2. The summed E-state index contributed by atoms with van der Waals surface area (Å²) < 4.78 is 1.36. The van der Waals surface area contributed by atoms with Crippen molar-refractivity contribution in [2.24, 2.45) is 11.7 Å². The SMILES string of the molecule is C[C@@H]1CCN(C(=O)CC#N)C[C@@H]1N(C)c1ncnc2c1ccn2C(=O)Nc1ccc(C(=O)N[C@@H](CCCCN)C(=O)O)cc1. The molecule has 0 bridgehead atoms. The molecular formula is C30H37N9O5. The van der Waals surface area contributed by atoms with Crippen LogP contribution in [-0.2, 0) is 9.59 Å². The van der Waals surface area contributed by atoms with E-state index < -0.39 is 23.9 Å². The zero-order valence-electron chi connectivity index (χ0n) is 24.8. The van der Waals surface area contributed by atoms with Gasteiger partial charge in [-0.1, -0.05) is 6.92 Å². The summed E-state index contributed by atoms with van der Waals surface area (Å²) in [6.07, 6.45) is 5.14. The van der Waals surface area contributed by atoms with E-state index in [9.17, 15) is 24.3 Å². The van der Waals surface area contributed by atoms with Gasteiger partial charge in [0.2, 0.25) is 5.91 Å². The number of amides is 3. The maximum atomic E-state index is 13.2. The van der Waals surface area contributed by atoms with E-state index in [4.69, 9.17) is 11.0 Å². The number of carboxylic acid groups (broad SMARTS) is 1. The van der Waals surface area contributed by atoms with Crippen LogP contribution in [0.25, 0.3) is 11.0 Å². The normalized spacial score (nSPS) is 17.0. The number of piperidine rings is 1. The van der Waals surface area contributed by atoms with Gasteiger partial charge in [0, 0.05) is 37.6 Å². The van der Waals surface area contributed by atoms with Crippen molar-refractivity contribution in [1.29, 1.82) is 5.26 Å². The van der Waals surface area contributed by atoms with Gasteiger partial charge in [0.1, 0.15) is 24.6 Å². The Hall–Kier alpha value is -5.03. The number of carboxylic acids is 1. The number of hydrogen-bond donors (Lipinski definition) is 4. The monoisotopic (exact) mass is 603 g/mol. The van der Waals surface area contributed by atoms with Gasteiger partial charge in [-0.15, -0.1) is 0 Å². The van der Waals surface area contributed by atoms with Crippen LogP contribution in [0.2, 0.25) is 0 Å². The Kier molecular flexibility index (Phi) is 10.5. The van der Waals surface area contributed by atoms with E-state index in [-0.39, 0.29) is 36.3 Å². The Morgan fingerprint density at radius 3 is 2.61 bits per heavy atom. The van der Waals surface area contributed by atoms with Crippen LogP contribution in [0.3, 0.4) is 0 Å². The van der Waals surface area contributed by atoms with Gasteiger partial charge in [0.15, 0.2) is 5.65 Å². The van der Waals surface area contributed by atoms with Gasteiger partial charge in [-0.05, 0) is 68.5 Å². The number of nitriles is 1. The van der Waals surface area contributed by atoms with Crippen LogP contribution in [0.1, 0.15) is 49.4 Å². The summed E-state index contributed by atoms with van der Waals surface area (Å²) in [5.74, 6) is -0.955. The molecule has 1 fully saturated rings. The summed E-state index contributed by atoms with van der Waals surface area (Å²) in [7, 11) is 1.90. The smallest absolute Gasteiger partial charge is 0.331 e. The molecule has 0 spiro atoms. The van der Waals surface area contributed by atoms with Crippen LogP contribution in [0.5, 0.6) is 0 Å². The first-order chi connectivity index (χ1) is 21.1. The first kappa shape index (κ1) is 31.9. The van der Waals surface area contributed by atoms with Crippen LogP contribution >= 0.6 is 0 Å². The number of likely N-dealkylation sites (tertiary alicyclic amines) is 1. The quantitative estimate of drug-likeness (QED) is 0.236. The second kappa shape index (κ2) is 14.4. The third-order valence-electron chi connectivity index (χ3n) is 7.96. The summed E-state index contributed by atoms with van der Waals surface area (Å²) in [6, 6.07) is 8.26. The van der Waals surface area contributed by atoms with Gasteiger partial charge in [0.25, 0.3) is 5.91 Å². The van der Waals surface area contributed by atoms with Crippen molar-refractivity contribution in [3.63, 3.8) is 0 Å². The lowest BCUT2D eigenvalue weighted by Gasteiger charge is -2.42. The largest absolute Gasteiger partial charge is 0.480 e. The third kappa shape index (κ3) is 7.30. The molecular weight excluding hydrogens is 566 g/mol. The molecule has 0 saturated carbocycles. The van der Waals surface area contributed by atoms with Crippen molar-refractivity contribution in [2.75, 3.05) is 36.9 Å². The summed E-state index contributed by atoms with van der Waals surface area (Å²) in [5, 5.41) is 24.3. The van der Waals surface area contributed by atoms with E-state index >= 15 is 0 Å². The number of rotatable bonds is 11. The molecule has 4 rings (SSSR count). The molecule has 0 unspecified atom stereocenters. The molecule has 3 aromatic rings. The second-order valence-electron chi connectivity index (χ2n) is 10.9. The van der Waals surface area contributed by atoms with Gasteiger partial charge in [-0.2, -0.15) is 5.26 Å². The number of aromatic nitrogens is 3. The summed E-state index contributed by atoms with van der Waals surface area (Å²) in [4.78, 5) is 62.3. The fourth-order valence-electron chi connectivity index (χ4n) is 5.38. The Labute approximate surface area is 254 Å². The standard InChI is InChI=1S/C30H37N9O5/c1-19-11-15-38(25(40)10-14-32)17-24(19)37(2)26-22-12-16-39(27(22)34-18-33-26)30(44)35-21-8-6-20(7-9-21)28(41)36-23(29(42)43)5-3-4-13-31/h6-9,12,16,18-19,23-24H,3-5,10-11,13,15,17,31H2,1-2H3,(H,35,44)(H,36,41)(H,42,43)/t19-,23+,24+/m1/s1. The van der Waals surface area contributed by atoms with Crippen molar-refractivity contribution >= 4 is 46.4 Å². The molecule has 1 aromatic carbocycles. The number of nitrogens with one attached hydrogen (secondary N) is 2. The Bertz CT molecular complexity index is 1550. The number of anilines is 2. The van der Waals surface area contributed by atoms with E-state index in [1.54, 1.807) is 29.3 Å². The molecule has 0 aliphatic carbocycles. The molecule has 1 aliphatic heterocycles. The van der Waals surface area contributed by atoms with Gasteiger partial charge >= 0.3 is 12.0 Å². The van der Waals surface area contributed by atoms with Crippen LogP contribution in [-0.4, -0.2) is 87.1 Å². The molecule has 3 atom stereocenters. The lowest BCUT2D eigenvalue weighted by atomic mass is 9.92. The average molecular weight is 604 g/mol. The van der Waals surface area contributed by atoms with Crippen molar-refractivity contribution in [2.45, 2.75) is 51.1 Å².